The van der Waals surface area contributed by atoms with Gasteiger partial charge < -0.3 is 29.4 Å². The van der Waals surface area contributed by atoms with Crippen molar-refractivity contribution in [1.29, 1.82) is 0 Å². The van der Waals surface area contributed by atoms with Crippen LogP contribution in [0.25, 0.3) is 10.9 Å². The van der Waals surface area contributed by atoms with Crippen molar-refractivity contribution in [3.05, 3.63) is 64.7 Å². The maximum Gasteiger partial charge on any atom is 0.318 e. The first-order valence-corrected chi connectivity index (χ1v) is 13.0. The SMILES string of the molecule is COc1cccc2c1ccn2CCNC(=O)[C@@H](NC(=O)N1C[C@H]2C[C@@H](C1)c1cccc(=O)n1C2)C(C)C. The number of hydrogen-bond donors (Lipinski definition) is 2. The van der Waals surface area contributed by atoms with Gasteiger partial charge >= 0.3 is 6.03 Å². The van der Waals surface area contributed by atoms with Crippen molar-refractivity contribution >= 4 is 22.8 Å². The van der Waals surface area contributed by atoms with Gasteiger partial charge in [-0.3, -0.25) is 9.59 Å². The van der Waals surface area contributed by atoms with Crippen LogP contribution in [0.2, 0.25) is 0 Å². The molecule has 0 radical (unpaired) electrons. The molecule has 1 aromatic carbocycles. The summed E-state index contributed by atoms with van der Waals surface area (Å²) in [5.74, 6) is 0.933. The first kappa shape index (κ1) is 24.9. The Morgan fingerprint density at radius 2 is 1.89 bits per heavy atom. The van der Waals surface area contributed by atoms with Crippen molar-refractivity contribution in [1.82, 2.24) is 24.7 Å². The molecule has 0 spiro atoms. The Hall–Kier alpha value is -3.75. The fraction of sp³-hybridized carbons (Fsp3) is 0.464. The highest BCUT2D eigenvalue weighted by molar-refractivity contribution is 5.88. The molecule has 3 aromatic rings. The average Bonchev–Trinajstić information content (AvgIpc) is 3.30. The third kappa shape index (κ3) is 4.95. The Balaban J connectivity index is 1.19. The maximum absolute atomic E-state index is 13.2. The summed E-state index contributed by atoms with van der Waals surface area (Å²) in [4.78, 5) is 40.4. The molecule has 9 heteroatoms. The number of amides is 3. The molecule has 1 fully saturated rings. The lowest BCUT2D eigenvalue weighted by Crippen LogP contribution is -2.57. The number of methoxy groups -OCH3 is 1. The minimum absolute atomic E-state index is 0.0219. The molecule has 0 unspecified atom stereocenters. The average molecular weight is 506 g/mol. The van der Waals surface area contributed by atoms with Crippen LogP contribution in [-0.2, 0) is 17.9 Å². The van der Waals surface area contributed by atoms with E-state index < -0.39 is 6.04 Å². The second-order valence-electron chi connectivity index (χ2n) is 10.5. The van der Waals surface area contributed by atoms with Crippen LogP contribution in [0.15, 0.2) is 53.5 Å². The molecule has 4 heterocycles. The third-order valence-electron chi connectivity index (χ3n) is 7.64. The molecular weight excluding hydrogens is 470 g/mol. The van der Waals surface area contributed by atoms with E-state index in [1.54, 1.807) is 19.2 Å². The summed E-state index contributed by atoms with van der Waals surface area (Å²) in [6.45, 7) is 6.67. The normalized spacial score (nSPS) is 19.4. The molecule has 9 nitrogen and oxygen atoms in total. The van der Waals surface area contributed by atoms with E-state index >= 15 is 0 Å². The van der Waals surface area contributed by atoms with Crippen LogP contribution in [0.4, 0.5) is 4.79 Å². The minimum Gasteiger partial charge on any atom is -0.496 e. The van der Waals surface area contributed by atoms with Gasteiger partial charge in [0.1, 0.15) is 11.8 Å². The summed E-state index contributed by atoms with van der Waals surface area (Å²) in [5.41, 5.74) is 2.06. The van der Waals surface area contributed by atoms with Gasteiger partial charge in [0, 0.05) is 62.0 Å². The lowest BCUT2D eigenvalue weighted by Gasteiger charge is -2.43. The van der Waals surface area contributed by atoms with Gasteiger partial charge in [0.05, 0.1) is 12.6 Å². The Bertz CT molecular complexity index is 1360. The minimum atomic E-state index is -0.634. The standard InChI is InChI=1S/C28H35N5O4/c1-18(2)26(27(35)29-11-13-31-12-10-21-23(31)7-4-8-24(21)37-3)30-28(36)32-15-19-14-20(17-32)22-6-5-9-25(34)33(22)16-19/h4-10,12,18-20,26H,11,13-17H2,1-3H3,(H,29,35)(H,30,36)/t19-,20+,26+/m1/s1. The Kier molecular flexibility index (Phi) is 6.95. The number of carbonyl (C=O) groups is 2. The number of carbonyl (C=O) groups excluding carboxylic acids is 2. The maximum atomic E-state index is 13.2. The fourth-order valence-corrected chi connectivity index (χ4v) is 5.80. The number of hydrogen-bond acceptors (Lipinski definition) is 4. The number of fused-ring (bicyclic) bond motifs is 5. The van der Waals surface area contributed by atoms with Gasteiger partial charge in [-0.1, -0.05) is 26.0 Å². The van der Waals surface area contributed by atoms with Gasteiger partial charge in [-0.15, -0.1) is 0 Å². The topological polar surface area (TPSA) is 97.6 Å². The van der Waals surface area contributed by atoms with Crippen molar-refractivity contribution in [3.8, 4) is 5.75 Å². The van der Waals surface area contributed by atoms with Crippen LogP contribution in [0, 0.1) is 11.8 Å². The zero-order valence-corrected chi connectivity index (χ0v) is 21.6. The van der Waals surface area contributed by atoms with Crippen LogP contribution in [0.5, 0.6) is 5.75 Å². The predicted molar refractivity (Wildman–Crippen MR) is 142 cm³/mol. The van der Waals surface area contributed by atoms with E-state index in [-0.39, 0.29) is 35.3 Å². The van der Waals surface area contributed by atoms with Crippen LogP contribution in [-0.4, -0.2) is 58.8 Å². The van der Waals surface area contributed by atoms with Gasteiger partial charge in [0.15, 0.2) is 0 Å². The van der Waals surface area contributed by atoms with Crippen molar-refractivity contribution < 1.29 is 14.3 Å². The molecule has 3 atom stereocenters. The molecule has 0 aliphatic carbocycles. The summed E-state index contributed by atoms with van der Waals surface area (Å²) < 4.78 is 9.36. The van der Waals surface area contributed by atoms with Gasteiger partial charge in [0.25, 0.3) is 5.56 Å². The Labute approximate surface area is 216 Å². The quantitative estimate of drug-likeness (QED) is 0.516. The van der Waals surface area contributed by atoms with Gasteiger partial charge in [0.2, 0.25) is 5.91 Å². The molecule has 5 rings (SSSR count). The molecule has 2 N–H and O–H groups in total. The smallest absolute Gasteiger partial charge is 0.318 e. The number of urea groups is 1. The zero-order chi connectivity index (χ0) is 26.1. The summed E-state index contributed by atoms with van der Waals surface area (Å²) in [6, 6.07) is 12.4. The predicted octanol–water partition coefficient (Wildman–Crippen LogP) is 2.78. The molecule has 196 valence electrons. The molecular formula is C28H35N5O4. The highest BCUT2D eigenvalue weighted by atomic mass is 16.5. The second kappa shape index (κ2) is 10.3. The lowest BCUT2D eigenvalue weighted by atomic mass is 9.83. The number of ether oxygens (including phenoxy) is 1. The second-order valence-corrected chi connectivity index (χ2v) is 10.5. The molecule has 2 aliphatic rings. The van der Waals surface area contributed by atoms with Crippen molar-refractivity contribution in [2.75, 3.05) is 26.7 Å². The van der Waals surface area contributed by atoms with Gasteiger partial charge in [-0.05, 0) is 42.5 Å². The zero-order valence-electron chi connectivity index (χ0n) is 21.6. The number of rotatable bonds is 7. The van der Waals surface area contributed by atoms with E-state index in [0.29, 0.717) is 32.7 Å². The highest BCUT2D eigenvalue weighted by Gasteiger charge is 2.37. The first-order valence-electron chi connectivity index (χ1n) is 13.0. The van der Waals surface area contributed by atoms with Crippen LogP contribution in [0.1, 0.15) is 31.9 Å². The Morgan fingerprint density at radius 1 is 1.08 bits per heavy atom. The molecule has 1 saturated heterocycles. The summed E-state index contributed by atoms with van der Waals surface area (Å²) in [5, 5.41) is 7.01. The van der Waals surface area contributed by atoms with Crippen LogP contribution < -0.4 is 20.9 Å². The lowest BCUT2D eigenvalue weighted by molar-refractivity contribution is -0.124. The van der Waals surface area contributed by atoms with Gasteiger partial charge in [-0.25, -0.2) is 4.79 Å². The summed E-state index contributed by atoms with van der Waals surface area (Å²) in [6.07, 6.45) is 2.96. The summed E-state index contributed by atoms with van der Waals surface area (Å²) in [7, 11) is 1.66. The number of nitrogens with one attached hydrogen (secondary N) is 2. The van der Waals surface area contributed by atoms with E-state index in [2.05, 4.69) is 15.2 Å². The number of likely N-dealkylation sites (tertiary alicyclic amines) is 1. The van der Waals surface area contributed by atoms with E-state index in [9.17, 15) is 14.4 Å². The summed E-state index contributed by atoms with van der Waals surface area (Å²) >= 11 is 0. The first-order chi connectivity index (χ1) is 17.9. The van der Waals surface area contributed by atoms with E-state index in [0.717, 1.165) is 28.8 Å². The molecule has 0 saturated carbocycles. The van der Waals surface area contributed by atoms with E-state index in [1.165, 1.54) is 0 Å². The number of pyridine rings is 1. The van der Waals surface area contributed by atoms with Crippen LogP contribution in [0.3, 0.4) is 0 Å². The number of piperidine rings is 1. The molecule has 37 heavy (non-hydrogen) atoms. The van der Waals surface area contributed by atoms with Crippen molar-refractivity contribution in [2.24, 2.45) is 11.8 Å². The Morgan fingerprint density at radius 3 is 2.68 bits per heavy atom. The highest BCUT2D eigenvalue weighted by Crippen LogP contribution is 2.35. The van der Waals surface area contributed by atoms with Crippen LogP contribution >= 0.6 is 0 Å². The fourth-order valence-electron chi connectivity index (χ4n) is 5.80. The largest absolute Gasteiger partial charge is 0.496 e. The number of benzene rings is 1. The van der Waals surface area contributed by atoms with Crippen molar-refractivity contribution in [3.63, 3.8) is 0 Å². The number of aromatic nitrogens is 2. The van der Waals surface area contributed by atoms with Gasteiger partial charge in [-0.2, -0.15) is 0 Å². The molecule has 2 aromatic heterocycles. The number of nitrogens with zero attached hydrogens (tertiary/aromatic N) is 3. The van der Waals surface area contributed by atoms with E-state index in [4.69, 9.17) is 4.74 Å². The molecule has 3 amide bonds. The third-order valence-corrected chi connectivity index (χ3v) is 7.64. The monoisotopic (exact) mass is 505 g/mol. The molecule has 2 bridgehead atoms. The molecule has 2 aliphatic heterocycles. The van der Waals surface area contributed by atoms with Crippen molar-refractivity contribution in [2.45, 2.75) is 45.3 Å². The van der Waals surface area contributed by atoms with E-state index in [1.807, 2.05) is 59.8 Å².